The summed E-state index contributed by atoms with van der Waals surface area (Å²) >= 11 is 0. The van der Waals surface area contributed by atoms with Gasteiger partial charge in [-0.2, -0.15) is 0 Å². The molecule has 2 aromatic rings. The van der Waals surface area contributed by atoms with Gasteiger partial charge in [-0.15, -0.1) is 0 Å². The highest BCUT2D eigenvalue weighted by molar-refractivity contribution is 5.96. The Bertz CT molecular complexity index is 552. The lowest BCUT2D eigenvalue weighted by molar-refractivity contribution is 0.340. The number of fused-ring (bicyclic) bond motifs is 1. The van der Waals surface area contributed by atoms with E-state index in [1.807, 2.05) is 6.92 Å². The van der Waals surface area contributed by atoms with Crippen LogP contribution in [0.5, 0.6) is 5.75 Å². The van der Waals surface area contributed by atoms with Gasteiger partial charge in [0, 0.05) is 5.56 Å². The molecule has 0 unspecified atom stereocenters. The van der Waals surface area contributed by atoms with Crippen molar-refractivity contribution in [2.24, 2.45) is 0 Å². The van der Waals surface area contributed by atoms with Gasteiger partial charge in [0.05, 0.1) is 6.61 Å². The summed E-state index contributed by atoms with van der Waals surface area (Å²) in [5.41, 5.74) is 2.47. The Hall–Kier alpha value is -1.76. The van der Waals surface area contributed by atoms with Crippen molar-refractivity contribution in [3.63, 3.8) is 0 Å². The second-order valence-electron chi connectivity index (χ2n) is 4.06. The highest BCUT2D eigenvalue weighted by Gasteiger charge is 2.09. The molecule has 0 aliphatic heterocycles. The Labute approximate surface area is 103 Å². The van der Waals surface area contributed by atoms with Crippen LogP contribution in [0, 0.1) is 0 Å². The Morgan fingerprint density at radius 1 is 1.18 bits per heavy atom. The zero-order chi connectivity index (χ0) is 12.3. The molecule has 2 rings (SSSR count). The average molecular weight is 226 g/mol. The topological polar surface area (TPSA) is 9.23 Å². The van der Waals surface area contributed by atoms with Crippen LogP contribution in [0.25, 0.3) is 16.3 Å². The van der Waals surface area contributed by atoms with E-state index in [9.17, 15) is 0 Å². The third kappa shape index (κ3) is 2.19. The molecule has 0 bridgehead atoms. The molecule has 88 valence electrons. The Balaban J connectivity index is 2.75. The molecule has 0 saturated heterocycles. The van der Waals surface area contributed by atoms with E-state index in [0.717, 1.165) is 5.75 Å². The number of hydrogen-bond acceptors (Lipinski definition) is 1. The fourth-order valence-corrected chi connectivity index (χ4v) is 2.08. The third-order valence-corrected chi connectivity index (χ3v) is 3.02. The van der Waals surface area contributed by atoms with E-state index < -0.39 is 0 Å². The van der Waals surface area contributed by atoms with Gasteiger partial charge in [-0.25, -0.2) is 0 Å². The second kappa shape index (κ2) is 5.05. The van der Waals surface area contributed by atoms with Crippen LogP contribution >= 0.6 is 0 Å². The van der Waals surface area contributed by atoms with Gasteiger partial charge in [0.15, 0.2) is 0 Å². The first-order valence-corrected chi connectivity index (χ1v) is 6.05. The maximum Gasteiger partial charge on any atom is 0.127 e. The van der Waals surface area contributed by atoms with Crippen LogP contribution in [0.4, 0.5) is 0 Å². The lowest BCUT2D eigenvalue weighted by Gasteiger charge is -2.13. The van der Waals surface area contributed by atoms with Gasteiger partial charge in [-0.3, -0.25) is 0 Å². The first-order valence-electron chi connectivity index (χ1n) is 6.05. The van der Waals surface area contributed by atoms with E-state index in [1.54, 1.807) is 0 Å². The van der Waals surface area contributed by atoms with Crippen molar-refractivity contribution < 1.29 is 4.74 Å². The Morgan fingerprint density at radius 2 is 1.94 bits per heavy atom. The highest BCUT2D eigenvalue weighted by atomic mass is 16.5. The molecule has 0 aliphatic rings. The van der Waals surface area contributed by atoms with Crippen LogP contribution in [0.1, 0.15) is 26.3 Å². The molecule has 1 nitrogen and oxygen atoms in total. The molecule has 2 aromatic carbocycles. The molecule has 0 fully saturated rings. The number of benzene rings is 2. The van der Waals surface area contributed by atoms with Gasteiger partial charge in [0.25, 0.3) is 0 Å². The fourth-order valence-electron chi connectivity index (χ4n) is 2.08. The maximum atomic E-state index is 5.73. The molecule has 0 saturated carbocycles. The molecule has 0 spiro atoms. The smallest absolute Gasteiger partial charge is 0.127 e. The zero-order valence-corrected chi connectivity index (χ0v) is 10.7. The van der Waals surface area contributed by atoms with Crippen molar-refractivity contribution in [3.05, 3.63) is 48.0 Å². The largest absolute Gasteiger partial charge is 0.493 e. The third-order valence-electron chi connectivity index (χ3n) is 3.02. The van der Waals surface area contributed by atoms with Crippen molar-refractivity contribution >= 4 is 16.3 Å². The average Bonchev–Trinajstić information content (AvgIpc) is 2.38. The number of rotatable bonds is 3. The SMILES string of the molecule is CC=C(C)c1c(OCC)ccc2ccccc12. The van der Waals surface area contributed by atoms with Crippen molar-refractivity contribution in [2.45, 2.75) is 20.8 Å². The van der Waals surface area contributed by atoms with Crippen molar-refractivity contribution in [1.82, 2.24) is 0 Å². The van der Waals surface area contributed by atoms with E-state index in [4.69, 9.17) is 4.74 Å². The lowest BCUT2D eigenvalue weighted by Crippen LogP contribution is -1.96. The summed E-state index contributed by atoms with van der Waals surface area (Å²) in [5, 5.41) is 2.52. The van der Waals surface area contributed by atoms with Crippen molar-refractivity contribution in [3.8, 4) is 5.75 Å². The monoisotopic (exact) mass is 226 g/mol. The van der Waals surface area contributed by atoms with Crippen LogP contribution in [-0.2, 0) is 0 Å². The minimum absolute atomic E-state index is 0.697. The summed E-state index contributed by atoms with van der Waals surface area (Å²) in [4.78, 5) is 0. The highest BCUT2D eigenvalue weighted by Crippen LogP contribution is 2.33. The molecule has 0 atom stereocenters. The second-order valence-corrected chi connectivity index (χ2v) is 4.06. The van der Waals surface area contributed by atoms with Crippen LogP contribution in [0.2, 0.25) is 0 Å². The van der Waals surface area contributed by atoms with Crippen LogP contribution in [0.15, 0.2) is 42.5 Å². The molecule has 0 aliphatic carbocycles. The molecular formula is C16H18O. The van der Waals surface area contributed by atoms with E-state index in [2.05, 4.69) is 56.3 Å². The minimum Gasteiger partial charge on any atom is -0.493 e. The minimum atomic E-state index is 0.697. The predicted octanol–water partition coefficient (Wildman–Crippen LogP) is 4.66. The molecule has 0 N–H and O–H groups in total. The Morgan fingerprint density at radius 3 is 2.65 bits per heavy atom. The first-order chi connectivity index (χ1) is 8.27. The zero-order valence-electron chi connectivity index (χ0n) is 10.7. The molecule has 0 heterocycles. The maximum absolute atomic E-state index is 5.73. The lowest BCUT2D eigenvalue weighted by atomic mass is 9.98. The van der Waals surface area contributed by atoms with Gasteiger partial charge in [0.1, 0.15) is 5.75 Å². The summed E-state index contributed by atoms with van der Waals surface area (Å²) in [6.07, 6.45) is 2.13. The van der Waals surface area contributed by atoms with Crippen molar-refractivity contribution in [2.75, 3.05) is 6.61 Å². The standard InChI is InChI=1S/C16H18O/c1-4-12(3)16-14-9-7-6-8-13(14)10-11-15(16)17-5-2/h4,6-11H,5H2,1-3H3. The normalized spacial score (nSPS) is 11.8. The molecule has 0 radical (unpaired) electrons. The molecular weight excluding hydrogens is 208 g/mol. The number of allylic oxidation sites excluding steroid dienone is 2. The van der Waals surface area contributed by atoms with Crippen LogP contribution < -0.4 is 4.74 Å². The molecule has 1 heteroatoms. The van der Waals surface area contributed by atoms with Crippen molar-refractivity contribution in [1.29, 1.82) is 0 Å². The summed E-state index contributed by atoms with van der Waals surface area (Å²) in [5.74, 6) is 0.974. The van der Waals surface area contributed by atoms with Gasteiger partial charge >= 0.3 is 0 Å². The molecule has 0 aromatic heterocycles. The van der Waals surface area contributed by atoms with E-state index in [1.165, 1.54) is 21.9 Å². The van der Waals surface area contributed by atoms with Crippen LogP contribution in [-0.4, -0.2) is 6.61 Å². The van der Waals surface area contributed by atoms with E-state index >= 15 is 0 Å². The number of ether oxygens (including phenoxy) is 1. The van der Waals surface area contributed by atoms with Gasteiger partial charge in [0.2, 0.25) is 0 Å². The summed E-state index contributed by atoms with van der Waals surface area (Å²) in [6, 6.07) is 12.6. The fraction of sp³-hybridized carbons (Fsp3) is 0.250. The first kappa shape index (κ1) is 11.7. The number of hydrogen-bond donors (Lipinski definition) is 0. The summed E-state index contributed by atoms with van der Waals surface area (Å²) in [7, 11) is 0. The van der Waals surface area contributed by atoms with Crippen LogP contribution in [0.3, 0.4) is 0 Å². The van der Waals surface area contributed by atoms with Gasteiger partial charge < -0.3 is 4.74 Å². The van der Waals surface area contributed by atoms with Gasteiger partial charge in [-0.05, 0) is 43.2 Å². The summed E-state index contributed by atoms with van der Waals surface area (Å²) < 4.78 is 5.73. The van der Waals surface area contributed by atoms with E-state index in [0.29, 0.717) is 6.61 Å². The summed E-state index contributed by atoms with van der Waals surface area (Å²) in [6.45, 7) is 6.91. The Kier molecular flexibility index (Phi) is 3.48. The molecule has 17 heavy (non-hydrogen) atoms. The molecule has 0 amide bonds. The van der Waals surface area contributed by atoms with E-state index in [-0.39, 0.29) is 0 Å². The quantitative estimate of drug-likeness (QED) is 0.739. The predicted molar refractivity (Wildman–Crippen MR) is 74.4 cm³/mol. The van der Waals surface area contributed by atoms with Gasteiger partial charge in [-0.1, -0.05) is 36.4 Å².